The molecule has 1 aromatic heterocycles. The van der Waals surface area contributed by atoms with Crippen LogP contribution in [-0.4, -0.2) is 42.7 Å². The van der Waals surface area contributed by atoms with Crippen molar-refractivity contribution in [1.82, 2.24) is 19.6 Å². The largest absolute Gasteiger partial charge is 0.348 e. The first kappa shape index (κ1) is 23.0. The van der Waals surface area contributed by atoms with Gasteiger partial charge in [-0.15, -0.1) is 0 Å². The fourth-order valence-electron chi connectivity index (χ4n) is 3.28. The minimum Gasteiger partial charge on any atom is -0.348 e. The molecule has 1 amide bonds. The summed E-state index contributed by atoms with van der Waals surface area (Å²) < 4.78 is 26.2. The maximum Gasteiger partial charge on any atom is 0.251 e. The van der Waals surface area contributed by atoms with Crippen LogP contribution in [0.2, 0.25) is 0 Å². The van der Waals surface area contributed by atoms with E-state index in [2.05, 4.69) is 15.3 Å². The number of aromatic nitrogens is 2. The minimum atomic E-state index is -3.59. The summed E-state index contributed by atoms with van der Waals surface area (Å²) >= 11 is 1.60. The summed E-state index contributed by atoms with van der Waals surface area (Å²) in [5.74, 6) is 0.459. The Balaban J connectivity index is 1.37. The van der Waals surface area contributed by atoms with E-state index in [0.717, 1.165) is 31.8 Å². The Bertz CT molecular complexity index is 1350. The topological polar surface area (TPSA) is 95.2 Å². The Hall–Kier alpha value is -3.14. The monoisotopic (exact) mass is 480 g/mol. The molecule has 0 fully saturated rings. The molecular formula is C24H24N4O3S2. The highest BCUT2D eigenvalue weighted by Gasteiger charge is 2.21. The molecule has 2 N–H and O–H groups in total. The molecule has 170 valence electrons. The first-order valence-electron chi connectivity index (χ1n) is 10.3. The van der Waals surface area contributed by atoms with E-state index in [9.17, 15) is 13.2 Å². The molecule has 4 rings (SSSR count). The van der Waals surface area contributed by atoms with E-state index in [1.54, 1.807) is 48.2 Å². The van der Waals surface area contributed by atoms with Crippen molar-refractivity contribution in [3.05, 3.63) is 89.5 Å². The van der Waals surface area contributed by atoms with Crippen LogP contribution in [0.5, 0.6) is 0 Å². The third kappa shape index (κ3) is 5.27. The summed E-state index contributed by atoms with van der Waals surface area (Å²) in [4.78, 5) is 20.7. The number of para-hydroxylation sites is 2. The zero-order chi connectivity index (χ0) is 23.4. The number of nitrogens with zero attached hydrogens (tertiary/aromatic N) is 2. The lowest BCUT2D eigenvalue weighted by Crippen LogP contribution is -2.27. The Kier molecular flexibility index (Phi) is 6.83. The van der Waals surface area contributed by atoms with Gasteiger partial charge in [-0.25, -0.2) is 17.7 Å². The summed E-state index contributed by atoms with van der Waals surface area (Å²) in [5.41, 5.74) is 4.07. The molecule has 0 radical (unpaired) electrons. The first-order valence-corrected chi connectivity index (χ1v) is 12.7. The SMILES string of the molecule is CN(C)S(=O)(=O)c1ccccc1CNC(=O)c1ccc(CSc2nc3ccccc3[nH]2)cc1. The quantitative estimate of drug-likeness (QED) is 0.371. The minimum absolute atomic E-state index is 0.117. The number of fused-ring (bicyclic) bond motifs is 1. The van der Waals surface area contributed by atoms with Gasteiger partial charge in [-0.1, -0.05) is 54.2 Å². The van der Waals surface area contributed by atoms with Crippen molar-refractivity contribution in [2.24, 2.45) is 0 Å². The van der Waals surface area contributed by atoms with Gasteiger partial charge in [-0.3, -0.25) is 4.79 Å². The van der Waals surface area contributed by atoms with Gasteiger partial charge in [0.25, 0.3) is 5.91 Å². The van der Waals surface area contributed by atoms with Gasteiger partial charge in [0.05, 0.1) is 15.9 Å². The molecule has 33 heavy (non-hydrogen) atoms. The molecule has 9 heteroatoms. The zero-order valence-electron chi connectivity index (χ0n) is 18.3. The molecule has 0 aliphatic heterocycles. The molecule has 0 saturated heterocycles. The second-order valence-electron chi connectivity index (χ2n) is 7.62. The number of thioether (sulfide) groups is 1. The first-order chi connectivity index (χ1) is 15.8. The average Bonchev–Trinajstić information content (AvgIpc) is 3.24. The fraction of sp³-hybridized carbons (Fsp3) is 0.167. The lowest BCUT2D eigenvalue weighted by atomic mass is 10.1. The van der Waals surface area contributed by atoms with Crippen LogP contribution in [0.4, 0.5) is 0 Å². The van der Waals surface area contributed by atoms with Crippen molar-refractivity contribution in [2.75, 3.05) is 14.1 Å². The molecule has 0 aliphatic rings. The van der Waals surface area contributed by atoms with Crippen molar-refractivity contribution in [2.45, 2.75) is 22.3 Å². The van der Waals surface area contributed by atoms with E-state index >= 15 is 0 Å². The van der Waals surface area contributed by atoms with Crippen molar-refractivity contribution in [3.63, 3.8) is 0 Å². The van der Waals surface area contributed by atoms with E-state index in [1.807, 2.05) is 36.4 Å². The Morgan fingerprint density at radius 1 is 1.00 bits per heavy atom. The number of hydrogen-bond donors (Lipinski definition) is 2. The van der Waals surface area contributed by atoms with Crippen LogP contribution in [0.15, 0.2) is 82.8 Å². The summed E-state index contributed by atoms with van der Waals surface area (Å²) in [6.07, 6.45) is 0. The molecule has 0 bridgehead atoms. The molecule has 1 heterocycles. The van der Waals surface area contributed by atoms with Crippen LogP contribution < -0.4 is 5.32 Å². The maximum atomic E-state index is 12.6. The molecule has 7 nitrogen and oxygen atoms in total. The number of carbonyl (C=O) groups excluding carboxylic acids is 1. The standard InChI is InChI=1S/C24H24N4O3S2/c1-28(2)33(30,31)22-10-6-3-7-19(22)15-25-23(29)18-13-11-17(12-14-18)16-32-24-26-20-8-4-5-9-21(20)27-24/h3-14H,15-16H2,1-2H3,(H,25,29)(H,26,27). The van der Waals surface area contributed by atoms with Crippen LogP contribution in [0.3, 0.4) is 0 Å². The summed E-state index contributed by atoms with van der Waals surface area (Å²) in [6, 6.07) is 21.9. The maximum absolute atomic E-state index is 12.6. The van der Waals surface area contributed by atoms with E-state index < -0.39 is 10.0 Å². The Labute approximate surface area is 197 Å². The van der Waals surface area contributed by atoms with Gasteiger partial charge in [0.2, 0.25) is 10.0 Å². The molecule has 0 aliphatic carbocycles. The molecule has 0 saturated carbocycles. The fourth-order valence-corrected chi connectivity index (χ4v) is 5.23. The van der Waals surface area contributed by atoms with Crippen LogP contribution in [0, 0.1) is 0 Å². The van der Waals surface area contributed by atoms with Gasteiger partial charge in [-0.2, -0.15) is 0 Å². The molecule has 3 aromatic carbocycles. The van der Waals surface area contributed by atoms with Gasteiger partial charge >= 0.3 is 0 Å². The zero-order valence-corrected chi connectivity index (χ0v) is 19.9. The lowest BCUT2D eigenvalue weighted by molar-refractivity contribution is 0.0950. The number of aromatic amines is 1. The van der Waals surface area contributed by atoms with Crippen LogP contribution >= 0.6 is 11.8 Å². The Morgan fingerprint density at radius 2 is 1.70 bits per heavy atom. The van der Waals surface area contributed by atoms with Gasteiger partial charge in [-0.05, 0) is 41.5 Å². The van der Waals surface area contributed by atoms with E-state index in [-0.39, 0.29) is 17.3 Å². The number of benzene rings is 3. The normalized spacial score (nSPS) is 11.7. The van der Waals surface area contributed by atoms with Crippen molar-refractivity contribution in [3.8, 4) is 0 Å². The summed E-state index contributed by atoms with van der Waals surface area (Å²) in [7, 11) is -0.622. The Morgan fingerprint density at radius 3 is 2.42 bits per heavy atom. The predicted molar refractivity (Wildman–Crippen MR) is 131 cm³/mol. The number of amides is 1. The number of sulfonamides is 1. The van der Waals surface area contributed by atoms with Crippen LogP contribution in [0.1, 0.15) is 21.5 Å². The van der Waals surface area contributed by atoms with Crippen molar-refractivity contribution >= 4 is 38.7 Å². The number of nitrogens with one attached hydrogen (secondary N) is 2. The van der Waals surface area contributed by atoms with E-state index in [4.69, 9.17) is 0 Å². The highest BCUT2D eigenvalue weighted by Crippen LogP contribution is 2.23. The summed E-state index contributed by atoms with van der Waals surface area (Å²) in [5, 5.41) is 3.67. The van der Waals surface area contributed by atoms with Crippen LogP contribution in [0.25, 0.3) is 11.0 Å². The van der Waals surface area contributed by atoms with Gasteiger partial charge in [0, 0.05) is 32.0 Å². The average molecular weight is 481 g/mol. The number of imidazole rings is 1. The third-order valence-electron chi connectivity index (χ3n) is 5.13. The van der Waals surface area contributed by atoms with Crippen molar-refractivity contribution < 1.29 is 13.2 Å². The van der Waals surface area contributed by atoms with Gasteiger partial charge < -0.3 is 10.3 Å². The molecule has 0 spiro atoms. The second kappa shape index (κ2) is 9.78. The van der Waals surface area contributed by atoms with Gasteiger partial charge in [0.15, 0.2) is 5.16 Å². The lowest BCUT2D eigenvalue weighted by Gasteiger charge is -2.15. The number of H-pyrrole nitrogens is 1. The van der Waals surface area contributed by atoms with Crippen LogP contribution in [-0.2, 0) is 22.3 Å². The highest BCUT2D eigenvalue weighted by molar-refractivity contribution is 7.98. The van der Waals surface area contributed by atoms with E-state index in [0.29, 0.717) is 11.1 Å². The number of hydrogen-bond acceptors (Lipinski definition) is 5. The summed E-state index contributed by atoms with van der Waals surface area (Å²) in [6.45, 7) is 0.117. The smallest absolute Gasteiger partial charge is 0.251 e. The third-order valence-corrected chi connectivity index (χ3v) is 7.99. The predicted octanol–water partition coefficient (Wildman–Crippen LogP) is 4.04. The number of rotatable bonds is 8. The van der Waals surface area contributed by atoms with E-state index in [1.165, 1.54) is 14.1 Å². The van der Waals surface area contributed by atoms with Gasteiger partial charge in [0.1, 0.15) is 0 Å². The molecule has 0 unspecified atom stereocenters. The second-order valence-corrected chi connectivity index (χ2v) is 10.7. The van der Waals surface area contributed by atoms with Crippen molar-refractivity contribution in [1.29, 1.82) is 0 Å². The number of carbonyl (C=O) groups is 1. The molecule has 4 aromatic rings. The highest BCUT2D eigenvalue weighted by atomic mass is 32.2. The molecular weight excluding hydrogens is 456 g/mol. The molecule has 0 atom stereocenters.